The van der Waals surface area contributed by atoms with Gasteiger partial charge in [0.2, 0.25) is 5.76 Å². The number of nitrogens with zero attached hydrogens (tertiary/aromatic N) is 1. The van der Waals surface area contributed by atoms with Crippen LogP contribution in [0.15, 0.2) is 4.52 Å². The number of alkyl halides is 2. The van der Waals surface area contributed by atoms with Crippen LogP contribution in [0.4, 0.5) is 8.78 Å². The van der Waals surface area contributed by atoms with E-state index in [4.69, 9.17) is 0 Å². The van der Waals surface area contributed by atoms with Gasteiger partial charge in [0.15, 0.2) is 0 Å². The number of aryl methyl sites for hydroxylation is 1. The van der Waals surface area contributed by atoms with Crippen LogP contribution >= 0.6 is 0 Å². The quantitative estimate of drug-likeness (QED) is 0.581. The van der Waals surface area contributed by atoms with E-state index in [-0.39, 0.29) is 0 Å². The normalized spacial score (nSPS) is 10.7. The highest BCUT2D eigenvalue weighted by atomic mass is 19.3. The standard InChI is InChI=1S/C5H4F2NO/c1-3-2-4(5(6)7)9-8-3/h5H,1H3. The molecule has 0 aliphatic carbocycles. The lowest BCUT2D eigenvalue weighted by Gasteiger charge is -1.84. The first kappa shape index (κ1) is 6.19. The predicted molar refractivity (Wildman–Crippen MR) is 25.0 cm³/mol. The molecule has 0 amide bonds. The Morgan fingerprint density at radius 1 is 1.67 bits per heavy atom. The van der Waals surface area contributed by atoms with Crippen LogP contribution in [0.1, 0.15) is 17.9 Å². The summed E-state index contributed by atoms with van der Waals surface area (Å²) in [5, 5.41) is 3.23. The lowest BCUT2D eigenvalue weighted by Crippen LogP contribution is -1.76. The average Bonchev–Trinajstić information content (AvgIpc) is 2.14. The summed E-state index contributed by atoms with van der Waals surface area (Å²) in [6, 6.07) is 2.25. The molecule has 0 unspecified atom stereocenters. The first-order valence-electron chi connectivity index (χ1n) is 2.34. The summed E-state index contributed by atoms with van der Waals surface area (Å²) in [4.78, 5) is 0. The van der Waals surface area contributed by atoms with E-state index in [1.807, 2.05) is 0 Å². The molecule has 0 saturated carbocycles. The molecule has 2 nitrogen and oxygen atoms in total. The van der Waals surface area contributed by atoms with Gasteiger partial charge in [0.25, 0.3) is 6.43 Å². The van der Waals surface area contributed by atoms with E-state index < -0.39 is 12.2 Å². The highest BCUT2D eigenvalue weighted by Gasteiger charge is 2.12. The molecule has 0 aliphatic rings. The predicted octanol–water partition coefficient (Wildman–Crippen LogP) is 1.72. The molecule has 1 rings (SSSR count). The summed E-state index contributed by atoms with van der Waals surface area (Å²) in [7, 11) is 0. The van der Waals surface area contributed by atoms with Gasteiger partial charge in [-0.15, -0.1) is 0 Å². The fourth-order valence-corrected chi connectivity index (χ4v) is 0.436. The minimum atomic E-state index is -2.61. The minimum absolute atomic E-state index is 0.352. The van der Waals surface area contributed by atoms with E-state index in [2.05, 4.69) is 15.7 Å². The summed E-state index contributed by atoms with van der Waals surface area (Å²) in [6.07, 6.45) is -2.61. The topological polar surface area (TPSA) is 26.0 Å². The first-order chi connectivity index (χ1) is 4.20. The fourth-order valence-electron chi connectivity index (χ4n) is 0.436. The molecule has 0 spiro atoms. The van der Waals surface area contributed by atoms with Gasteiger partial charge in [0.1, 0.15) is 0 Å². The molecule has 1 radical (unpaired) electrons. The highest BCUT2D eigenvalue weighted by Crippen LogP contribution is 2.17. The van der Waals surface area contributed by atoms with Crippen molar-refractivity contribution in [2.75, 3.05) is 0 Å². The van der Waals surface area contributed by atoms with Crippen molar-refractivity contribution in [3.05, 3.63) is 17.5 Å². The number of rotatable bonds is 1. The van der Waals surface area contributed by atoms with E-state index in [1.54, 1.807) is 0 Å². The van der Waals surface area contributed by atoms with Gasteiger partial charge < -0.3 is 4.52 Å². The molecular weight excluding hydrogens is 128 g/mol. The third-order valence-electron chi connectivity index (χ3n) is 0.783. The number of aromatic nitrogens is 1. The van der Waals surface area contributed by atoms with Gasteiger partial charge >= 0.3 is 0 Å². The Hall–Kier alpha value is -0.930. The lowest BCUT2D eigenvalue weighted by molar-refractivity contribution is 0.112. The van der Waals surface area contributed by atoms with Gasteiger partial charge in [-0.1, -0.05) is 5.16 Å². The smallest absolute Gasteiger partial charge is 0.298 e. The summed E-state index contributed by atoms with van der Waals surface area (Å²) < 4.78 is 27.4. The molecule has 0 bridgehead atoms. The van der Waals surface area contributed by atoms with Crippen LogP contribution in [0.25, 0.3) is 0 Å². The zero-order valence-corrected chi connectivity index (χ0v) is 4.69. The van der Waals surface area contributed by atoms with Crippen LogP contribution in [-0.4, -0.2) is 5.16 Å². The van der Waals surface area contributed by atoms with Gasteiger partial charge in [-0.2, -0.15) is 0 Å². The Morgan fingerprint density at radius 2 is 2.33 bits per heavy atom. The van der Waals surface area contributed by atoms with Crippen molar-refractivity contribution < 1.29 is 13.3 Å². The van der Waals surface area contributed by atoms with Crippen LogP contribution in [-0.2, 0) is 0 Å². The monoisotopic (exact) mass is 132 g/mol. The minimum Gasteiger partial charge on any atom is -0.354 e. The van der Waals surface area contributed by atoms with Crippen molar-refractivity contribution in [1.82, 2.24) is 5.16 Å². The first-order valence-corrected chi connectivity index (χ1v) is 2.34. The molecular formula is C5H4F2NO. The summed E-state index contributed by atoms with van der Waals surface area (Å²) in [6.45, 7) is 1.54. The second kappa shape index (κ2) is 2.13. The third-order valence-corrected chi connectivity index (χ3v) is 0.783. The van der Waals surface area contributed by atoms with E-state index >= 15 is 0 Å². The Bertz CT molecular complexity index is 197. The molecule has 0 saturated heterocycles. The van der Waals surface area contributed by atoms with Crippen LogP contribution in [0.2, 0.25) is 0 Å². The van der Waals surface area contributed by atoms with Gasteiger partial charge in [-0.25, -0.2) is 8.78 Å². The number of hydrogen-bond donors (Lipinski definition) is 0. The number of halogens is 2. The molecule has 0 N–H and O–H groups in total. The molecule has 1 heterocycles. The van der Waals surface area contributed by atoms with Crippen molar-refractivity contribution in [2.45, 2.75) is 13.3 Å². The van der Waals surface area contributed by atoms with Crippen LogP contribution in [0, 0.1) is 13.0 Å². The van der Waals surface area contributed by atoms with Crippen molar-refractivity contribution in [2.24, 2.45) is 0 Å². The van der Waals surface area contributed by atoms with Crippen LogP contribution in [0.5, 0.6) is 0 Å². The molecule has 0 aromatic carbocycles. The summed E-state index contributed by atoms with van der Waals surface area (Å²) >= 11 is 0. The summed E-state index contributed by atoms with van der Waals surface area (Å²) in [5.41, 5.74) is 0.352. The van der Waals surface area contributed by atoms with E-state index in [0.717, 1.165) is 0 Å². The molecule has 1 aromatic heterocycles. The Morgan fingerprint density at radius 3 is 2.56 bits per heavy atom. The largest absolute Gasteiger partial charge is 0.354 e. The second-order valence-corrected chi connectivity index (χ2v) is 1.56. The SMILES string of the molecule is Cc1[c]c(C(F)F)on1. The lowest BCUT2D eigenvalue weighted by atomic mass is 10.4. The maximum Gasteiger partial charge on any atom is 0.298 e. The average molecular weight is 132 g/mol. The molecule has 0 aliphatic heterocycles. The maximum atomic E-state index is 11.6. The van der Waals surface area contributed by atoms with Crippen LogP contribution < -0.4 is 0 Å². The molecule has 1 aromatic rings. The van der Waals surface area contributed by atoms with Gasteiger partial charge in [0, 0.05) is 0 Å². The van der Waals surface area contributed by atoms with Gasteiger partial charge in [0.05, 0.1) is 11.8 Å². The van der Waals surface area contributed by atoms with E-state index in [0.29, 0.717) is 5.69 Å². The molecule has 9 heavy (non-hydrogen) atoms. The van der Waals surface area contributed by atoms with Crippen molar-refractivity contribution in [3.8, 4) is 0 Å². The maximum absolute atomic E-state index is 11.6. The third kappa shape index (κ3) is 1.25. The van der Waals surface area contributed by atoms with Gasteiger partial charge in [-0.05, 0) is 6.92 Å². The Labute approximate surface area is 50.5 Å². The molecule has 0 fully saturated rings. The van der Waals surface area contributed by atoms with Crippen LogP contribution in [0.3, 0.4) is 0 Å². The van der Waals surface area contributed by atoms with Crippen molar-refractivity contribution in [1.29, 1.82) is 0 Å². The molecule has 0 atom stereocenters. The molecule has 4 heteroatoms. The molecule has 49 valence electrons. The van der Waals surface area contributed by atoms with Gasteiger partial charge in [-0.3, -0.25) is 0 Å². The second-order valence-electron chi connectivity index (χ2n) is 1.56. The van der Waals surface area contributed by atoms with Crippen molar-refractivity contribution >= 4 is 0 Å². The van der Waals surface area contributed by atoms with E-state index in [1.165, 1.54) is 6.92 Å². The van der Waals surface area contributed by atoms with Crippen molar-refractivity contribution in [3.63, 3.8) is 0 Å². The zero-order valence-electron chi connectivity index (χ0n) is 4.69. The Kier molecular flexibility index (Phi) is 1.46. The fraction of sp³-hybridized carbons (Fsp3) is 0.400. The highest BCUT2D eigenvalue weighted by molar-refractivity contribution is 5.00. The summed E-state index contributed by atoms with van der Waals surface area (Å²) in [5.74, 6) is -0.493. The Balaban J connectivity index is 2.85. The zero-order chi connectivity index (χ0) is 6.85. The van der Waals surface area contributed by atoms with E-state index in [9.17, 15) is 8.78 Å². The number of hydrogen-bond acceptors (Lipinski definition) is 2.